The minimum atomic E-state index is -0.675. The minimum absolute atomic E-state index is 0.139. The molecule has 0 fully saturated rings. The van der Waals surface area contributed by atoms with Crippen LogP contribution in [0.25, 0.3) is 0 Å². The van der Waals surface area contributed by atoms with Crippen LogP contribution in [0.5, 0.6) is 11.5 Å². The van der Waals surface area contributed by atoms with Crippen molar-refractivity contribution in [2.75, 3.05) is 40.5 Å². The van der Waals surface area contributed by atoms with Crippen LogP contribution in [0.1, 0.15) is 30.6 Å². The number of rotatable bonds is 10. The van der Waals surface area contributed by atoms with Gasteiger partial charge in [0.1, 0.15) is 13.1 Å². The molecule has 0 bridgehead atoms. The first-order chi connectivity index (χ1) is 12.9. The van der Waals surface area contributed by atoms with Gasteiger partial charge in [0.05, 0.1) is 32.5 Å². The lowest BCUT2D eigenvalue weighted by Crippen LogP contribution is -2.40. The van der Waals surface area contributed by atoms with E-state index in [9.17, 15) is 14.4 Å². The summed E-state index contributed by atoms with van der Waals surface area (Å²) < 4.78 is 20.3. The van der Waals surface area contributed by atoms with E-state index >= 15 is 0 Å². The fourth-order valence-corrected chi connectivity index (χ4v) is 2.39. The maximum absolute atomic E-state index is 12.8. The first-order valence-corrected chi connectivity index (χ1v) is 8.77. The second-order valence-electron chi connectivity index (χ2n) is 5.38. The molecule has 0 unspecified atom stereocenters. The van der Waals surface area contributed by atoms with Crippen LogP contribution in [0.15, 0.2) is 12.1 Å². The van der Waals surface area contributed by atoms with Gasteiger partial charge in [0, 0.05) is 5.56 Å². The van der Waals surface area contributed by atoms with E-state index in [2.05, 4.69) is 9.47 Å². The number of esters is 2. The zero-order valence-corrected chi connectivity index (χ0v) is 16.6. The number of amides is 1. The number of hydrogen-bond donors (Lipinski definition) is 0. The Morgan fingerprint density at radius 3 is 2.07 bits per heavy atom. The average molecular weight is 402 g/mol. The molecule has 1 aromatic rings. The number of hydrogen-bond acceptors (Lipinski definition) is 7. The Labute approximate surface area is 163 Å². The lowest BCUT2D eigenvalue weighted by molar-refractivity contribution is -0.144. The highest BCUT2D eigenvalue weighted by molar-refractivity contribution is 6.32. The Hall–Kier alpha value is -2.48. The maximum atomic E-state index is 12.8. The molecule has 0 spiro atoms. The van der Waals surface area contributed by atoms with E-state index in [0.29, 0.717) is 24.7 Å². The number of halogens is 1. The second kappa shape index (κ2) is 11.3. The molecule has 1 rings (SSSR count). The molecule has 0 N–H and O–H groups in total. The molecule has 1 amide bonds. The highest BCUT2D eigenvalue weighted by Crippen LogP contribution is 2.37. The SMILES string of the molecule is CCCOc1c(Cl)cc(C(=O)N(CC(=O)OC)CC(=O)OC)cc1OCC. The van der Waals surface area contributed by atoms with Crippen LogP contribution in [0, 0.1) is 0 Å². The van der Waals surface area contributed by atoms with Crippen molar-refractivity contribution in [1.82, 2.24) is 4.90 Å². The zero-order valence-electron chi connectivity index (χ0n) is 15.9. The molecule has 0 aliphatic heterocycles. The average Bonchev–Trinajstić information content (AvgIpc) is 2.65. The normalized spacial score (nSPS) is 10.1. The number of benzene rings is 1. The third-order valence-corrected chi connectivity index (χ3v) is 3.67. The third kappa shape index (κ3) is 6.63. The van der Waals surface area contributed by atoms with Crippen molar-refractivity contribution in [2.24, 2.45) is 0 Å². The van der Waals surface area contributed by atoms with Gasteiger partial charge in [-0.2, -0.15) is 0 Å². The van der Waals surface area contributed by atoms with Gasteiger partial charge in [0.2, 0.25) is 0 Å². The number of carbonyl (C=O) groups is 3. The first kappa shape index (κ1) is 22.6. The predicted molar refractivity (Wildman–Crippen MR) is 98.3 cm³/mol. The van der Waals surface area contributed by atoms with Crippen LogP contribution < -0.4 is 9.47 Å². The fraction of sp³-hybridized carbons (Fsp3) is 0.500. The Kier molecular flexibility index (Phi) is 9.42. The van der Waals surface area contributed by atoms with E-state index in [1.165, 1.54) is 26.4 Å². The van der Waals surface area contributed by atoms with Crippen molar-refractivity contribution < 1.29 is 33.3 Å². The van der Waals surface area contributed by atoms with Gasteiger partial charge in [0.25, 0.3) is 5.91 Å². The smallest absolute Gasteiger partial charge is 0.325 e. The van der Waals surface area contributed by atoms with E-state index in [0.717, 1.165) is 11.3 Å². The third-order valence-electron chi connectivity index (χ3n) is 3.39. The van der Waals surface area contributed by atoms with Gasteiger partial charge >= 0.3 is 11.9 Å². The summed E-state index contributed by atoms with van der Waals surface area (Å²) in [6.45, 7) is 3.67. The minimum Gasteiger partial charge on any atom is -0.490 e. The van der Waals surface area contributed by atoms with Gasteiger partial charge in [-0.25, -0.2) is 0 Å². The molecule has 0 aromatic heterocycles. The molecule has 0 atom stereocenters. The van der Waals surface area contributed by atoms with E-state index in [-0.39, 0.29) is 10.6 Å². The summed E-state index contributed by atoms with van der Waals surface area (Å²) in [7, 11) is 2.38. The van der Waals surface area contributed by atoms with Crippen molar-refractivity contribution >= 4 is 29.4 Å². The van der Waals surface area contributed by atoms with E-state index in [4.69, 9.17) is 21.1 Å². The molecule has 0 heterocycles. The molecule has 0 saturated heterocycles. The van der Waals surface area contributed by atoms with Gasteiger partial charge in [-0.1, -0.05) is 18.5 Å². The lowest BCUT2D eigenvalue weighted by atomic mass is 10.1. The highest BCUT2D eigenvalue weighted by atomic mass is 35.5. The van der Waals surface area contributed by atoms with Crippen LogP contribution in [-0.2, 0) is 19.1 Å². The topological polar surface area (TPSA) is 91.4 Å². The molecule has 150 valence electrons. The summed E-state index contributed by atoms with van der Waals surface area (Å²) in [5.74, 6) is -1.31. The Balaban J connectivity index is 3.23. The van der Waals surface area contributed by atoms with Gasteiger partial charge in [-0.05, 0) is 25.5 Å². The number of nitrogens with zero attached hydrogens (tertiary/aromatic N) is 1. The number of methoxy groups -OCH3 is 2. The van der Waals surface area contributed by atoms with Crippen LogP contribution in [-0.4, -0.2) is 63.3 Å². The largest absolute Gasteiger partial charge is 0.490 e. The molecular weight excluding hydrogens is 378 g/mol. The van der Waals surface area contributed by atoms with Crippen molar-refractivity contribution in [3.63, 3.8) is 0 Å². The molecule has 0 aliphatic carbocycles. The molecule has 9 heteroatoms. The van der Waals surface area contributed by atoms with Crippen molar-refractivity contribution in [2.45, 2.75) is 20.3 Å². The summed E-state index contributed by atoms with van der Waals surface area (Å²) in [5, 5.41) is 0.189. The zero-order chi connectivity index (χ0) is 20.4. The van der Waals surface area contributed by atoms with Crippen LogP contribution >= 0.6 is 11.6 Å². The van der Waals surface area contributed by atoms with E-state index in [1.807, 2.05) is 6.92 Å². The summed E-state index contributed by atoms with van der Waals surface area (Å²) in [5.41, 5.74) is 0.139. The molecule has 27 heavy (non-hydrogen) atoms. The Morgan fingerprint density at radius 1 is 1.00 bits per heavy atom. The molecule has 8 nitrogen and oxygen atoms in total. The number of carbonyl (C=O) groups excluding carboxylic acids is 3. The van der Waals surface area contributed by atoms with Gasteiger partial charge in [0.15, 0.2) is 11.5 Å². The first-order valence-electron chi connectivity index (χ1n) is 8.39. The Bertz CT molecular complexity index is 660. The lowest BCUT2D eigenvalue weighted by Gasteiger charge is -2.21. The van der Waals surface area contributed by atoms with Crippen molar-refractivity contribution in [3.05, 3.63) is 22.7 Å². The summed E-state index contributed by atoms with van der Waals surface area (Å²) in [4.78, 5) is 37.0. The molecular formula is C18H24ClNO7. The monoisotopic (exact) mass is 401 g/mol. The van der Waals surface area contributed by atoms with Crippen molar-refractivity contribution in [1.29, 1.82) is 0 Å². The van der Waals surface area contributed by atoms with Crippen LogP contribution in [0.3, 0.4) is 0 Å². The summed E-state index contributed by atoms with van der Waals surface area (Å²) in [6, 6.07) is 2.86. The molecule has 0 radical (unpaired) electrons. The number of ether oxygens (including phenoxy) is 4. The quantitative estimate of drug-likeness (QED) is 0.555. The van der Waals surface area contributed by atoms with Crippen LogP contribution in [0.2, 0.25) is 5.02 Å². The van der Waals surface area contributed by atoms with Gasteiger partial charge < -0.3 is 23.8 Å². The summed E-state index contributed by atoms with van der Waals surface area (Å²) in [6.07, 6.45) is 0.772. The molecule has 1 aromatic carbocycles. The molecule has 0 saturated carbocycles. The highest BCUT2D eigenvalue weighted by Gasteiger charge is 2.25. The van der Waals surface area contributed by atoms with Crippen LogP contribution in [0.4, 0.5) is 0 Å². The predicted octanol–water partition coefficient (Wildman–Crippen LogP) is 2.32. The van der Waals surface area contributed by atoms with E-state index in [1.54, 1.807) is 6.92 Å². The second-order valence-corrected chi connectivity index (χ2v) is 5.79. The summed E-state index contributed by atoms with van der Waals surface area (Å²) >= 11 is 6.26. The van der Waals surface area contributed by atoms with Gasteiger partial charge in [-0.15, -0.1) is 0 Å². The molecule has 0 aliphatic rings. The van der Waals surface area contributed by atoms with Crippen molar-refractivity contribution in [3.8, 4) is 11.5 Å². The van der Waals surface area contributed by atoms with Gasteiger partial charge in [-0.3, -0.25) is 14.4 Å². The Morgan fingerprint density at radius 2 is 1.59 bits per heavy atom. The fourth-order valence-electron chi connectivity index (χ4n) is 2.12. The maximum Gasteiger partial charge on any atom is 0.325 e. The van der Waals surface area contributed by atoms with E-state index < -0.39 is 30.9 Å². The standard InChI is InChI=1S/C18H24ClNO7/c1-5-7-27-17-13(19)8-12(9-14(17)26-6-2)18(23)20(10-15(21)24-3)11-16(22)25-4/h8-9H,5-7,10-11H2,1-4H3.